The van der Waals surface area contributed by atoms with E-state index < -0.39 is 16.9 Å². The number of aromatic hydroxyl groups is 1. The Labute approximate surface area is 278 Å². The quantitative estimate of drug-likeness (QED) is 0.289. The zero-order valence-electron chi connectivity index (χ0n) is 28.8. The smallest absolute Gasteiger partial charge is 0.246 e. The number of rotatable bonds is 5. The molecule has 2 aromatic rings. The van der Waals surface area contributed by atoms with Gasteiger partial charge in [-0.2, -0.15) is 0 Å². The highest BCUT2D eigenvalue weighted by Gasteiger charge is 2.58. The van der Waals surface area contributed by atoms with Crippen LogP contribution in [0.3, 0.4) is 0 Å². The van der Waals surface area contributed by atoms with Crippen molar-refractivity contribution in [2.45, 2.75) is 123 Å². The fourth-order valence-electron chi connectivity index (χ4n) is 10.5. The summed E-state index contributed by atoms with van der Waals surface area (Å²) in [7, 11) is 0. The van der Waals surface area contributed by atoms with Gasteiger partial charge in [0.2, 0.25) is 23.6 Å². The summed E-state index contributed by atoms with van der Waals surface area (Å²) in [6.07, 6.45) is 8.50. The van der Waals surface area contributed by atoms with Crippen LogP contribution in [0.25, 0.3) is 0 Å². The lowest BCUT2D eigenvalue weighted by atomic mass is 9.49. The molecule has 0 bridgehead atoms. The van der Waals surface area contributed by atoms with Gasteiger partial charge in [-0.3, -0.25) is 24.5 Å². The van der Waals surface area contributed by atoms with Crippen LogP contribution >= 0.6 is 0 Å². The lowest BCUT2D eigenvalue weighted by Gasteiger charge is -2.56. The van der Waals surface area contributed by atoms with Crippen LogP contribution < -0.4 is 16.0 Å². The number of carbonyl (C=O) groups is 4. The third kappa shape index (κ3) is 5.45. The van der Waals surface area contributed by atoms with E-state index in [0.717, 1.165) is 75.3 Å². The van der Waals surface area contributed by atoms with Crippen molar-refractivity contribution in [3.63, 3.8) is 0 Å². The van der Waals surface area contributed by atoms with Gasteiger partial charge in [0.05, 0.1) is 10.8 Å². The predicted octanol–water partition coefficient (Wildman–Crippen LogP) is 6.22. The van der Waals surface area contributed by atoms with Crippen LogP contribution in [0.4, 0.5) is 5.69 Å². The first-order chi connectivity index (χ1) is 22.1. The second kappa shape index (κ2) is 11.8. The van der Waals surface area contributed by atoms with Gasteiger partial charge in [0.1, 0.15) is 11.8 Å². The standard InChI is InChI=1S/C39H51N3O5/c1-23(40-24(2)43)33(45)41-27-13-9-25-11-15-31-36(3,29(25)21-27)17-7-19-38(31,5)34(46)42-35(47)39(6)20-8-18-37(4)30-22-28(44)14-10-26(30)12-16-32(37)39/h9-10,13-14,21-23,31-32,44H,7-8,11-12,15-20H2,1-6H3,(H,40,43)(H,41,45)(H,42,46,47)/t23-,31+,32+,36+,37+,38-,39-/m0/s1. The number of hydrogen-bond acceptors (Lipinski definition) is 5. The van der Waals surface area contributed by atoms with Crippen LogP contribution in [0, 0.1) is 22.7 Å². The van der Waals surface area contributed by atoms with Crippen molar-refractivity contribution in [3.8, 4) is 5.75 Å². The van der Waals surface area contributed by atoms with Crippen LogP contribution in [0.15, 0.2) is 36.4 Å². The van der Waals surface area contributed by atoms with E-state index in [1.807, 2.05) is 18.2 Å². The number of imide groups is 1. The molecule has 4 aliphatic carbocycles. The number of benzene rings is 2. The average molecular weight is 642 g/mol. The molecule has 0 unspecified atom stereocenters. The van der Waals surface area contributed by atoms with Gasteiger partial charge in [-0.05, 0) is 127 Å². The molecule has 252 valence electrons. The molecule has 0 heterocycles. The summed E-state index contributed by atoms with van der Waals surface area (Å²) in [4.78, 5) is 53.0. The van der Waals surface area contributed by atoms with E-state index in [4.69, 9.17) is 0 Å². The Hall–Kier alpha value is -3.68. The summed E-state index contributed by atoms with van der Waals surface area (Å²) in [5.74, 6) is -0.519. The summed E-state index contributed by atoms with van der Waals surface area (Å²) in [5, 5.41) is 19.0. The topological polar surface area (TPSA) is 125 Å². The van der Waals surface area contributed by atoms with Crippen molar-refractivity contribution in [1.29, 1.82) is 0 Å². The molecule has 4 aliphatic rings. The van der Waals surface area contributed by atoms with Crippen molar-refractivity contribution in [1.82, 2.24) is 10.6 Å². The first kappa shape index (κ1) is 33.2. The molecular formula is C39H51N3O5. The maximum Gasteiger partial charge on any atom is 0.246 e. The molecule has 0 saturated heterocycles. The van der Waals surface area contributed by atoms with Gasteiger partial charge in [-0.1, -0.05) is 52.7 Å². The Kier molecular flexibility index (Phi) is 8.33. The van der Waals surface area contributed by atoms with Gasteiger partial charge in [-0.15, -0.1) is 0 Å². The van der Waals surface area contributed by atoms with Crippen LogP contribution in [0.2, 0.25) is 0 Å². The second-order valence-corrected chi connectivity index (χ2v) is 16.0. The molecule has 8 heteroatoms. The maximum atomic E-state index is 14.4. The molecular weight excluding hydrogens is 590 g/mol. The van der Waals surface area contributed by atoms with E-state index in [-0.39, 0.29) is 52.0 Å². The number of carbonyl (C=O) groups excluding carboxylic acids is 4. The molecule has 0 spiro atoms. The monoisotopic (exact) mass is 641 g/mol. The molecule has 0 aliphatic heterocycles. The van der Waals surface area contributed by atoms with Gasteiger partial charge in [-0.25, -0.2) is 0 Å². The molecule has 2 fully saturated rings. The maximum absolute atomic E-state index is 14.4. The van der Waals surface area contributed by atoms with Gasteiger partial charge in [0, 0.05) is 12.6 Å². The highest BCUT2D eigenvalue weighted by atomic mass is 16.3. The van der Waals surface area contributed by atoms with Crippen LogP contribution in [-0.4, -0.2) is 34.8 Å². The molecule has 6 rings (SSSR count). The van der Waals surface area contributed by atoms with Crippen LogP contribution in [0.1, 0.15) is 115 Å². The molecule has 2 aromatic carbocycles. The summed E-state index contributed by atoms with van der Waals surface area (Å²) in [5.41, 5.74) is 3.50. The minimum absolute atomic E-state index is 0.0299. The molecule has 4 amide bonds. The molecule has 7 atom stereocenters. The Balaban J connectivity index is 1.23. The third-order valence-electron chi connectivity index (χ3n) is 13.0. The molecule has 4 N–H and O–H groups in total. The summed E-state index contributed by atoms with van der Waals surface area (Å²) < 4.78 is 0. The number of phenolic OH excluding ortho intramolecular Hbond substituents is 1. The zero-order chi connectivity index (χ0) is 33.9. The normalized spacial score (nSPS) is 33.1. The Morgan fingerprint density at radius 3 is 1.81 bits per heavy atom. The minimum atomic E-state index is -0.723. The number of aryl methyl sites for hydroxylation is 2. The van der Waals surface area contributed by atoms with E-state index in [9.17, 15) is 24.3 Å². The first-order valence-corrected chi connectivity index (χ1v) is 17.5. The van der Waals surface area contributed by atoms with Gasteiger partial charge in [0.15, 0.2) is 0 Å². The lowest BCUT2D eigenvalue weighted by molar-refractivity contribution is -0.150. The van der Waals surface area contributed by atoms with Crippen molar-refractivity contribution in [3.05, 3.63) is 58.7 Å². The molecule has 47 heavy (non-hydrogen) atoms. The fourth-order valence-corrected chi connectivity index (χ4v) is 10.5. The average Bonchev–Trinajstić information content (AvgIpc) is 3.01. The largest absolute Gasteiger partial charge is 0.508 e. The van der Waals surface area contributed by atoms with Crippen LogP contribution in [0.5, 0.6) is 5.75 Å². The van der Waals surface area contributed by atoms with E-state index in [0.29, 0.717) is 5.69 Å². The summed E-state index contributed by atoms with van der Waals surface area (Å²) >= 11 is 0. The van der Waals surface area contributed by atoms with Crippen LogP contribution in [-0.2, 0) is 42.8 Å². The number of fused-ring (bicyclic) bond motifs is 6. The first-order valence-electron chi connectivity index (χ1n) is 17.5. The Morgan fingerprint density at radius 1 is 0.766 bits per heavy atom. The number of amides is 4. The third-order valence-corrected chi connectivity index (χ3v) is 13.0. The second-order valence-electron chi connectivity index (χ2n) is 16.0. The lowest BCUT2D eigenvalue weighted by Crippen LogP contribution is -2.60. The van der Waals surface area contributed by atoms with Crippen molar-refractivity contribution >= 4 is 29.3 Å². The van der Waals surface area contributed by atoms with Crippen molar-refractivity contribution in [2.24, 2.45) is 22.7 Å². The SMILES string of the molecule is CC(=O)N[C@@H](C)C(=O)Nc1ccc2c(c1)[C@@]1(C)CCC[C@](C)(C(=O)NC(=O)[C@@]3(C)CCC[C@]4(C)c5cc(O)ccc5CC[C@@H]34)[C@@H]1CC2. The zero-order valence-corrected chi connectivity index (χ0v) is 28.8. The number of nitrogens with one attached hydrogen (secondary N) is 3. The molecule has 8 nitrogen and oxygen atoms in total. The van der Waals surface area contributed by atoms with E-state index >= 15 is 0 Å². The van der Waals surface area contributed by atoms with E-state index in [1.54, 1.807) is 13.0 Å². The Morgan fingerprint density at radius 2 is 1.28 bits per heavy atom. The number of anilines is 1. The molecule has 0 aromatic heterocycles. The fraction of sp³-hybridized carbons (Fsp3) is 0.590. The molecule has 2 saturated carbocycles. The Bertz CT molecular complexity index is 1640. The predicted molar refractivity (Wildman–Crippen MR) is 182 cm³/mol. The number of phenols is 1. The van der Waals surface area contributed by atoms with E-state index in [2.05, 4.69) is 55.8 Å². The minimum Gasteiger partial charge on any atom is -0.508 e. The highest BCUT2D eigenvalue weighted by Crippen LogP contribution is 2.59. The number of hydrogen-bond donors (Lipinski definition) is 4. The molecule has 0 radical (unpaired) electrons. The van der Waals surface area contributed by atoms with E-state index in [1.165, 1.54) is 18.1 Å². The highest BCUT2D eigenvalue weighted by molar-refractivity contribution is 6.01. The van der Waals surface area contributed by atoms with Gasteiger partial charge in [0.25, 0.3) is 0 Å². The van der Waals surface area contributed by atoms with Gasteiger partial charge >= 0.3 is 0 Å². The summed E-state index contributed by atoms with van der Waals surface area (Å²) in [6.45, 7) is 11.6. The van der Waals surface area contributed by atoms with Gasteiger partial charge < -0.3 is 15.7 Å². The van der Waals surface area contributed by atoms with Crippen molar-refractivity contribution in [2.75, 3.05) is 5.32 Å². The summed E-state index contributed by atoms with van der Waals surface area (Å²) in [6, 6.07) is 11.0. The van der Waals surface area contributed by atoms with Crippen molar-refractivity contribution < 1.29 is 24.3 Å².